The first-order chi connectivity index (χ1) is 30.1. The molecule has 3 amide bonds. The Balaban J connectivity index is 1.96. The van der Waals surface area contributed by atoms with Gasteiger partial charge in [-0.05, 0) is 24.3 Å². The summed E-state index contributed by atoms with van der Waals surface area (Å²) in [5.74, 6) is -21.0. The van der Waals surface area contributed by atoms with Gasteiger partial charge in [-0.1, -0.05) is 23.2 Å². The van der Waals surface area contributed by atoms with Crippen molar-refractivity contribution in [3.8, 4) is 28.2 Å². The van der Waals surface area contributed by atoms with Gasteiger partial charge in [0.15, 0.2) is 38.5 Å². The Morgan fingerprint density at radius 3 is 1.79 bits per heavy atom. The van der Waals surface area contributed by atoms with Gasteiger partial charge in [0.2, 0.25) is 43.2 Å². The van der Waals surface area contributed by atoms with E-state index in [1.807, 2.05) is 5.32 Å². The molecule has 2 aromatic carbocycles. The van der Waals surface area contributed by atoms with E-state index in [-0.39, 0.29) is 12.1 Å². The van der Waals surface area contributed by atoms with E-state index in [1.54, 1.807) is 10.0 Å². The molecule has 3 unspecified atom stereocenters. The summed E-state index contributed by atoms with van der Waals surface area (Å²) in [5, 5.41) is 23.7. The molecule has 360 valence electrons. The van der Waals surface area contributed by atoms with Crippen LogP contribution in [0.4, 0.5) is 8.78 Å². The summed E-state index contributed by atoms with van der Waals surface area (Å²) in [6.45, 7) is -2.06. The first-order valence-electron chi connectivity index (χ1n) is 17.3. The van der Waals surface area contributed by atoms with Crippen LogP contribution in [0, 0.1) is 11.6 Å². The van der Waals surface area contributed by atoms with Crippen LogP contribution in [-0.2, 0) is 64.8 Å². The average molecular weight is 1070 g/mol. The third-order valence-electron chi connectivity index (χ3n) is 8.88. The Bertz CT molecular complexity index is 3370. The van der Waals surface area contributed by atoms with Gasteiger partial charge in [0, 0.05) is 40.2 Å². The van der Waals surface area contributed by atoms with Gasteiger partial charge in [-0.3, -0.25) is 32.8 Å². The molecule has 0 spiro atoms. The van der Waals surface area contributed by atoms with Gasteiger partial charge in [-0.15, -0.1) is 0 Å². The second-order valence-corrected chi connectivity index (χ2v) is 22.3. The maximum Gasteiger partial charge on any atom is 0.337 e. The fourth-order valence-corrected chi connectivity index (χ4v) is 11.5. The van der Waals surface area contributed by atoms with E-state index in [0.29, 0.717) is 0 Å². The van der Waals surface area contributed by atoms with Gasteiger partial charge < -0.3 is 30.6 Å². The van der Waals surface area contributed by atoms with Gasteiger partial charge in [-0.25, -0.2) is 35.1 Å². The lowest BCUT2D eigenvalue weighted by Crippen LogP contribution is -2.60. The summed E-state index contributed by atoms with van der Waals surface area (Å²) in [7, 11) is -28.2. The molecule has 2 aliphatic heterocycles. The maximum atomic E-state index is 15.9. The third-order valence-corrected chi connectivity index (χ3v) is 14.8. The predicted molar refractivity (Wildman–Crippen MR) is 219 cm³/mol. The number of carboxylic acid groups (broad SMARTS) is 1. The van der Waals surface area contributed by atoms with Gasteiger partial charge in [0.1, 0.15) is 35.4 Å². The number of hydrogen-bond donors (Lipinski definition) is 10. The zero-order chi connectivity index (χ0) is 49.8. The number of rotatable bonds is 8. The molecule has 0 fully saturated rings. The molecule has 10 N–H and O–H groups in total. The van der Waals surface area contributed by atoms with Crippen LogP contribution >= 0.6 is 23.2 Å². The molecule has 1 aliphatic carbocycles. The number of phenolic OH excluding ortho intramolecular Hbond substituents is 1. The number of carbonyl (C=O) groups is 4. The van der Waals surface area contributed by atoms with Crippen LogP contribution in [0.3, 0.4) is 0 Å². The van der Waals surface area contributed by atoms with Crippen molar-refractivity contribution >= 4 is 108 Å². The summed E-state index contributed by atoms with van der Waals surface area (Å²) in [5.41, 5.74) is -7.52. The molecule has 0 aromatic heterocycles. The number of phenols is 1. The van der Waals surface area contributed by atoms with Crippen LogP contribution in [0.15, 0.2) is 43.3 Å². The minimum absolute atomic E-state index is 0.206. The molecule has 26 nitrogen and oxygen atoms in total. The number of benzene rings is 3. The maximum absolute atomic E-state index is 15.9. The molecular weight excluding hydrogens is 1050 g/mol. The van der Waals surface area contributed by atoms with Crippen LogP contribution in [0.5, 0.6) is 5.75 Å². The summed E-state index contributed by atoms with van der Waals surface area (Å²) in [6.07, 6.45) is 0. The fourth-order valence-electron chi connectivity index (χ4n) is 6.30. The fraction of sp³-hybridized carbons (Fsp3) is 0.258. The van der Waals surface area contributed by atoms with Crippen molar-refractivity contribution in [2.75, 3.05) is 30.3 Å². The second kappa shape index (κ2) is 18.5. The van der Waals surface area contributed by atoms with Crippen LogP contribution in [-0.4, -0.2) is 138 Å². The molecule has 3 atom stereocenters. The van der Waals surface area contributed by atoms with E-state index in [4.69, 9.17) is 27.6 Å². The molecule has 35 heteroatoms. The topological polar surface area (TPSA) is 430 Å². The normalized spacial score (nSPS) is 20.2. The first-order valence-corrected chi connectivity index (χ1v) is 25.8. The monoisotopic (exact) mass is 1070 g/mol. The standard InChI is InChI=1S/C31H27Cl2F2N5O21S5/c32-12-1-2-13(33)21(31(46)47)20(12)19-10-5-14(34)22(41)26-24(10)61-25-11(19)6-15(35)23(42)27(25)66(59,60)40-18(9-64(54,55)56)30(45)39-17(8-63(51,52)53)29(44)38-16(7-62(48,49)50)28(43)36-3-4-37-65(26,57)58/h1-2,5-6,16-18,37,40,42H,3-4,7-9H2,(H,36,43)(H,38,44)(H,39,45)(H,46,47)(H,48,49,50)(H,51,52,53)(H,54,55,56). The second-order valence-electron chi connectivity index (χ2n) is 13.6. The SMILES string of the molecule is O=C(O)c1c(Cl)ccc(Cl)c1-c1c2cc(F)c(=O)c3c-2oc2c(c(O)c(F)cc12)S(=O)(=O)NC(CS(=O)(=O)O)C(=O)NC(CS(=O)(=O)O)C(=O)NC(CS(=O)(=O)O)C(=O)NCCNS3(=O)=O. The smallest absolute Gasteiger partial charge is 0.337 e. The van der Waals surface area contributed by atoms with Crippen molar-refractivity contribution in [3.05, 3.63) is 61.7 Å². The van der Waals surface area contributed by atoms with Crippen molar-refractivity contribution in [1.29, 1.82) is 0 Å². The molecule has 2 aromatic rings. The quantitative estimate of drug-likeness (QED) is 0.0690. The Hall–Kier alpha value is -5.20. The zero-order valence-electron chi connectivity index (χ0n) is 31.9. The number of halogens is 4. The highest BCUT2D eigenvalue weighted by Gasteiger charge is 2.41. The van der Waals surface area contributed by atoms with Crippen molar-refractivity contribution in [2.24, 2.45) is 0 Å². The number of aromatic hydroxyl groups is 1. The Labute approximate surface area is 378 Å². The van der Waals surface area contributed by atoms with E-state index in [0.717, 1.165) is 12.1 Å². The minimum Gasteiger partial charge on any atom is -0.504 e. The summed E-state index contributed by atoms with van der Waals surface area (Å²) in [4.78, 5) is 62.4. The first kappa shape index (κ1) is 51.8. The summed E-state index contributed by atoms with van der Waals surface area (Å²) in [6, 6.07) is -6.15. The van der Waals surface area contributed by atoms with Crippen LogP contribution in [0.2, 0.25) is 10.0 Å². The highest BCUT2D eigenvalue weighted by molar-refractivity contribution is 7.90. The molecule has 3 aliphatic rings. The number of sulfonamides is 2. The van der Waals surface area contributed by atoms with Crippen molar-refractivity contribution < 1.29 is 98.3 Å². The highest BCUT2D eigenvalue weighted by atomic mass is 35.5. The van der Waals surface area contributed by atoms with Crippen LogP contribution in [0.1, 0.15) is 10.4 Å². The minimum atomic E-state index is -6.16. The van der Waals surface area contributed by atoms with Gasteiger partial charge in [0.25, 0.3) is 30.4 Å². The molecule has 5 rings (SSSR count). The lowest BCUT2D eigenvalue weighted by Gasteiger charge is -2.25. The Morgan fingerprint density at radius 1 is 0.727 bits per heavy atom. The van der Waals surface area contributed by atoms with Crippen LogP contribution in [0.25, 0.3) is 33.4 Å². The average Bonchev–Trinajstić information content (AvgIpc) is 3.14. The summed E-state index contributed by atoms with van der Waals surface area (Å²) >= 11 is 12.6. The van der Waals surface area contributed by atoms with E-state index in [9.17, 15) is 89.9 Å². The molecule has 66 heavy (non-hydrogen) atoms. The van der Waals surface area contributed by atoms with Gasteiger partial charge in [0.05, 0.1) is 10.6 Å². The largest absolute Gasteiger partial charge is 0.504 e. The molecule has 0 saturated heterocycles. The van der Waals surface area contributed by atoms with Crippen molar-refractivity contribution in [2.45, 2.75) is 27.9 Å². The molecule has 0 saturated carbocycles. The Morgan fingerprint density at radius 2 is 1.24 bits per heavy atom. The summed E-state index contributed by atoms with van der Waals surface area (Å²) < 4.78 is 197. The highest BCUT2D eigenvalue weighted by Crippen LogP contribution is 2.49. The van der Waals surface area contributed by atoms with Gasteiger partial charge >= 0.3 is 5.97 Å². The van der Waals surface area contributed by atoms with Gasteiger partial charge in [-0.2, -0.15) is 30.0 Å². The number of carbonyl (C=O) groups excluding carboxylic acids is 3. The van der Waals surface area contributed by atoms with E-state index in [1.165, 1.54) is 10.0 Å². The van der Waals surface area contributed by atoms with E-state index < -0.39 is 204 Å². The molecule has 0 radical (unpaired) electrons. The Kier molecular flexibility index (Phi) is 14.5. The molecule has 2 heterocycles. The predicted octanol–water partition coefficient (Wildman–Crippen LogP) is -1.76. The van der Waals surface area contributed by atoms with E-state index in [2.05, 4.69) is 0 Å². The number of hydrogen-bond acceptors (Lipinski definition) is 17. The lowest BCUT2D eigenvalue weighted by molar-refractivity contribution is -0.131. The zero-order valence-corrected chi connectivity index (χ0v) is 37.5. The number of aromatic carboxylic acids is 1. The van der Waals surface area contributed by atoms with Crippen molar-refractivity contribution in [3.63, 3.8) is 0 Å². The molecule has 2 bridgehead atoms. The molecular formula is C31H27Cl2F2N5O21S5. The number of amides is 3. The third kappa shape index (κ3) is 11.3. The number of nitrogens with one attached hydrogen (secondary N) is 5. The van der Waals surface area contributed by atoms with E-state index >= 15 is 8.78 Å². The van der Waals surface area contributed by atoms with Crippen LogP contribution < -0.4 is 30.8 Å². The van der Waals surface area contributed by atoms with Crippen molar-refractivity contribution in [1.82, 2.24) is 25.4 Å². The number of carboxylic acids is 1. The lowest BCUT2D eigenvalue weighted by atomic mass is 9.90.